The molecule has 1 fully saturated rings. The number of thiazole rings is 1. The molecule has 1 aromatic heterocycles. The largest absolute Gasteiger partial charge is 0.335 e. The number of piperidine rings is 1. The van der Waals surface area contributed by atoms with Crippen molar-refractivity contribution in [1.29, 1.82) is 0 Å². The molecule has 2 heterocycles. The lowest BCUT2D eigenvalue weighted by molar-refractivity contribution is -0.121. The summed E-state index contributed by atoms with van der Waals surface area (Å²) in [4.78, 5) is 30.8. The number of amides is 3. The van der Waals surface area contributed by atoms with Gasteiger partial charge in [-0.1, -0.05) is 19.1 Å². The first-order valence-electron chi connectivity index (χ1n) is 9.23. The average molecular weight is 375 g/mol. The van der Waals surface area contributed by atoms with Crippen molar-refractivity contribution in [2.45, 2.75) is 45.1 Å². The maximum atomic E-state index is 12.1. The molecule has 3 amide bonds. The second-order valence-electron chi connectivity index (χ2n) is 6.93. The number of nitrogens with zero attached hydrogens (tertiary/aromatic N) is 2. The van der Waals surface area contributed by atoms with E-state index >= 15 is 0 Å². The van der Waals surface area contributed by atoms with Crippen LogP contribution < -0.4 is 10.6 Å². The predicted molar refractivity (Wildman–Crippen MR) is 104 cm³/mol. The molecule has 2 atom stereocenters. The maximum Gasteiger partial charge on any atom is 0.321 e. The summed E-state index contributed by atoms with van der Waals surface area (Å²) >= 11 is 1.74. The number of benzene rings is 1. The smallest absolute Gasteiger partial charge is 0.321 e. The highest BCUT2D eigenvalue weighted by Crippen LogP contribution is 2.32. The van der Waals surface area contributed by atoms with E-state index in [9.17, 15) is 9.59 Å². The number of likely N-dealkylation sites (tertiary alicyclic amines) is 1. The molecule has 1 aliphatic heterocycles. The Kier molecular flexibility index (Phi) is 6.21. The second kappa shape index (κ2) is 8.60. The standard InChI is InChI=1S/C19H26N4O2S/c1-3-13(2)20-19(25)22-17(24)12-23-10-6-7-14(11-23)18-21-15-8-4-5-9-16(15)26-18/h4-5,8-9,13-14H,3,6-7,10-12H2,1-2H3,(H2,20,22,24,25)/t13-,14-/m0/s1. The van der Waals surface area contributed by atoms with Gasteiger partial charge in [0.2, 0.25) is 5.91 Å². The third-order valence-electron chi connectivity index (χ3n) is 4.78. The van der Waals surface area contributed by atoms with Gasteiger partial charge >= 0.3 is 6.03 Å². The summed E-state index contributed by atoms with van der Waals surface area (Å²) in [5.74, 6) is 0.0960. The zero-order valence-corrected chi connectivity index (χ0v) is 16.1. The molecular formula is C19H26N4O2S. The molecule has 6 nitrogen and oxygen atoms in total. The summed E-state index contributed by atoms with van der Waals surface area (Å²) in [7, 11) is 0. The first-order valence-corrected chi connectivity index (χ1v) is 10.0. The fraction of sp³-hybridized carbons (Fsp3) is 0.526. The molecule has 2 N–H and O–H groups in total. The van der Waals surface area contributed by atoms with E-state index in [1.54, 1.807) is 11.3 Å². The summed E-state index contributed by atoms with van der Waals surface area (Å²) < 4.78 is 1.21. The van der Waals surface area contributed by atoms with Crippen molar-refractivity contribution < 1.29 is 9.59 Å². The molecule has 1 aliphatic rings. The Labute approximate surface area is 158 Å². The lowest BCUT2D eigenvalue weighted by Gasteiger charge is -2.31. The molecule has 0 radical (unpaired) electrons. The average Bonchev–Trinajstić information content (AvgIpc) is 3.05. The van der Waals surface area contributed by atoms with Crippen LogP contribution in [0.15, 0.2) is 24.3 Å². The Morgan fingerprint density at radius 1 is 1.38 bits per heavy atom. The fourth-order valence-corrected chi connectivity index (χ4v) is 4.29. The van der Waals surface area contributed by atoms with Crippen LogP contribution in [0.3, 0.4) is 0 Å². The Hall–Kier alpha value is -1.99. The first kappa shape index (κ1) is 18.8. The number of aromatic nitrogens is 1. The molecule has 1 saturated heterocycles. The number of rotatable bonds is 5. The molecule has 3 rings (SSSR count). The maximum absolute atomic E-state index is 12.1. The summed E-state index contributed by atoms with van der Waals surface area (Å²) in [6.07, 6.45) is 2.96. The number of urea groups is 1. The van der Waals surface area contributed by atoms with Gasteiger partial charge in [-0.25, -0.2) is 9.78 Å². The molecule has 26 heavy (non-hydrogen) atoms. The normalized spacial score (nSPS) is 19.2. The number of fused-ring (bicyclic) bond motifs is 1. The number of imide groups is 1. The highest BCUT2D eigenvalue weighted by atomic mass is 32.1. The van der Waals surface area contributed by atoms with Gasteiger partial charge in [0.15, 0.2) is 0 Å². The van der Waals surface area contributed by atoms with Crippen LogP contribution in [-0.2, 0) is 4.79 Å². The number of hydrogen-bond donors (Lipinski definition) is 2. The molecule has 1 aromatic carbocycles. The van der Waals surface area contributed by atoms with Crippen LogP contribution in [0.4, 0.5) is 4.79 Å². The van der Waals surface area contributed by atoms with Gasteiger partial charge in [-0.3, -0.25) is 15.0 Å². The van der Waals surface area contributed by atoms with Crippen LogP contribution in [0.1, 0.15) is 44.0 Å². The van der Waals surface area contributed by atoms with Gasteiger partial charge in [-0.2, -0.15) is 0 Å². The number of hydrogen-bond acceptors (Lipinski definition) is 5. The first-order chi connectivity index (χ1) is 12.5. The van der Waals surface area contributed by atoms with Crippen LogP contribution in [0.2, 0.25) is 0 Å². The Morgan fingerprint density at radius 2 is 2.19 bits per heavy atom. The molecule has 0 bridgehead atoms. The van der Waals surface area contributed by atoms with Crippen molar-refractivity contribution in [2.24, 2.45) is 0 Å². The minimum Gasteiger partial charge on any atom is -0.335 e. The Bertz CT molecular complexity index is 743. The third kappa shape index (κ3) is 4.80. The van der Waals surface area contributed by atoms with E-state index in [1.165, 1.54) is 4.70 Å². The van der Waals surface area contributed by atoms with Crippen LogP contribution in [0.5, 0.6) is 0 Å². The summed E-state index contributed by atoms with van der Waals surface area (Å²) in [5.41, 5.74) is 1.05. The van der Waals surface area contributed by atoms with E-state index in [0.29, 0.717) is 5.92 Å². The van der Waals surface area contributed by atoms with E-state index in [0.717, 1.165) is 42.9 Å². The number of nitrogens with one attached hydrogen (secondary N) is 2. The van der Waals surface area contributed by atoms with Gasteiger partial charge in [-0.05, 0) is 44.9 Å². The van der Waals surface area contributed by atoms with Gasteiger partial charge < -0.3 is 5.32 Å². The summed E-state index contributed by atoms with van der Waals surface area (Å²) in [6, 6.07) is 7.82. The summed E-state index contributed by atoms with van der Waals surface area (Å²) in [5, 5.41) is 6.32. The molecule has 140 valence electrons. The second-order valence-corrected chi connectivity index (χ2v) is 7.99. The Morgan fingerprint density at radius 3 is 2.96 bits per heavy atom. The van der Waals surface area contributed by atoms with Gasteiger partial charge in [-0.15, -0.1) is 11.3 Å². The highest BCUT2D eigenvalue weighted by Gasteiger charge is 2.25. The SMILES string of the molecule is CC[C@H](C)NC(=O)NC(=O)CN1CCC[C@H](c2nc3ccccc3s2)C1. The van der Waals surface area contributed by atoms with Crippen LogP contribution in [0.25, 0.3) is 10.2 Å². The quantitative estimate of drug-likeness (QED) is 0.843. The van der Waals surface area contributed by atoms with E-state index in [-0.39, 0.29) is 18.5 Å². The topological polar surface area (TPSA) is 74.3 Å². The molecule has 0 unspecified atom stereocenters. The van der Waals surface area contributed by atoms with Crippen molar-refractivity contribution in [3.05, 3.63) is 29.3 Å². The van der Waals surface area contributed by atoms with Crippen LogP contribution in [-0.4, -0.2) is 47.5 Å². The van der Waals surface area contributed by atoms with Crippen LogP contribution in [0, 0.1) is 0 Å². The fourth-order valence-electron chi connectivity index (χ4n) is 3.20. The zero-order chi connectivity index (χ0) is 18.5. The molecular weight excluding hydrogens is 348 g/mol. The molecule has 0 spiro atoms. The minimum absolute atomic E-state index is 0.0567. The summed E-state index contributed by atoms with van der Waals surface area (Å²) in [6.45, 7) is 5.83. The van der Waals surface area contributed by atoms with Crippen molar-refractivity contribution in [3.8, 4) is 0 Å². The monoisotopic (exact) mass is 374 g/mol. The van der Waals surface area contributed by atoms with Gasteiger partial charge in [0.05, 0.1) is 21.8 Å². The van der Waals surface area contributed by atoms with Gasteiger partial charge in [0, 0.05) is 18.5 Å². The van der Waals surface area contributed by atoms with Crippen molar-refractivity contribution in [3.63, 3.8) is 0 Å². The number of para-hydroxylation sites is 1. The van der Waals surface area contributed by atoms with E-state index < -0.39 is 6.03 Å². The van der Waals surface area contributed by atoms with Crippen LogP contribution >= 0.6 is 11.3 Å². The van der Waals surface area contributed by atoms with E-state index in [4.69, 9.17) is 4.98 Å². The van der Waals surface area contributed by atoms with Gasteiger partial charge in [0.25, 0.3) is 0 Å². The predicted octanol–water partition coefficient (Wildman–Crippen LogP) is 3.10. The molecule has 0 aliphatic carbocycles. The molecule has 2 aromatic rings. The third-order valence-corrected chi connectivity index (χ3v) is 5.97. The highest BCUT2D eigenvalue weighted by molar-refractivity contribution is 7.18. The van der Waals surface area contributed by atoms with Crippen molar-refractivity contribution in [1.82, 2.24) is 20.5 Å². The zero-order valence-electron chi connectivity index (χ0n) is 15.3. The minimum atomic E-state index is -0.413. The number of carbonyl (C=O) groups is 2. The van der Waals surface area contributed by atoms with Gasteiger partial charge in [0.1, 0.15) is 0 Å². The lowest BCUT2D eigenvalue weighted by Crippen LogP contribution is -2.48. The molecule has 7 heteroatoms. The van der Waals surface area contributed by atoms with E-state index in [2.05, 4.69) is 21.6 Å². The van der Waals surface area contributed by atoms with E-state index in [1.807, 2.05) is 32.0 Å². The molecule has 0 saturated carbocycles. The van der Waals surface area contributed by atoms with Crippen molar-refractivity contribution >= 4 is 33.5 Å². The Balaban J connectivity index is 1.55. The lowest BCUT2D eigenvalue weighted by atomic mass is 9.99. The van der Waals surface area contributed by atoms with Crippen molar-refractivity contribution in [2.75, 3.05) is 19.6 Å². The number of carbonyl (C=O) groups excluding carboxylic acids is 2.